The number of Topliss-reactive ketones (excluding diaryl/α,β-unsaturated/α-hetero) is 1. The van der Waals surface area contributed by atoms with Gasteiger partial charge in [0.1, 0.15) is 6.54 Å². The summed E-state index contributed by atoms with van der Waals surface area (Å²) in [4.78, 5) is 36.8. The molecule has 0 aromatic heterocycles. The molecule has 1 aliphatic rings. The van der Waals surface area contributed by atoms with Crippen molar-refractivity contribution in [1.29, 1.82) is 0 Å². The number of carbonyl (C=O) groups excluding carboxylic acids is 3. The standard InChI is InChI=1S/C24H27NO8/c1-3-29-19-9-7-17(13-21(19)30-4-2)24(28)25-14-23(27)33-15-18(26)16-6-8-20-22(12-16)32-11-5-10-31-20/h6-9,12-13H,3-5,10-11,14-15H2,1-2H3,(H,25,28). The highest BCUT2D eigenvalue weighted by Gasteiger charge is 2.17. The zero-order chi connectivity index (χ0) is 23.6. The van der Waals surface area contributed by atoms with Crippen LogP contribution < -0.4 is 24.3 Å². The molecule has 9 nitrogen and oxygen atoms in total. The fraction of sp³-hybridized carbons (Fsp3) is 0.375. The molecule has 2 aromatic carbocycles. The van der Waals surface area contributed by atoms with Crippen molar-refractivity contribution in [3.63, 3.8) is 0 Å². The molecule has 0 unspecified atom stereocenters. The molecular formula is C24H27NO8. The van der Waals surface area contributed by atoms with Crippen LogP contribution in [0.1, 0.15) is 41.0 Å². The lowest BCUT2D eigenvalue weighted by molar-refractivity contribution is -0.141. The topological polar surface area (TPSA) is 109 Å². The van der Waals surface area contributed by atoms with Crippen LogP contribution in [0.2, 0.25) is 0 Å². The summed E-state index contributed by atoms with van der Waals surface area (Å²) in [7, 11) is 0. The molecular weight excluding hydrogens is 430 g/mol. The van der Waals surface area contributed by atoms with Gasteiger partial charge >= 0.3 is 5.97 Å². The zero-order valence-corrected chi connectivity index (χ0v) is 18.7. The van der Waals surface area contributed by atoms with Gasteiger partial charge in [-0.1, -0.05) is 0 Å². The first-order chi connectivity index (χ1) is 16.0. The van der Waals surface area contributed by atoms with Gasteiger partial charge in [0.2, 0.25) is 0 Å². The number of ketones is 1. The first-order valence-corrected chi connectivity index (χ1v) is 10.8. The van der Waals surface area contributed by atoms with Gasteiger partial charge in [-0.2, -0.15) is 0 Å². The summed E-state index contributed by atoms with van der Waals surface area (Å²) in [5.41, 5.74) is 0.645. The molecule has 33 heavy (non-hydrogen) atoms. The van der Waals surface area contributed by atoms with Crippen molar-refractivity contribution in [2.24, 2.45) is 0 Å². The quantitative estimate of drug-likeness (QED) is 0.429. The van der Waals surface area contributed by atoms with Gasteiger partial charge in [0.05, 0.1) is 26.4 Å². The average molecular weight is 457 g/mol. The number of ether oxygens (including phenoxy) is 5. The van der Waals surface area contributed by atoms with Crippen molar-refractivity contribution < 1.29 is 38.1 Å². The number of amides is 1. The maximum Gasteiger partial charge on any atom is 0.325 e. The third-order valence-electron chi connectivity index (χ3n) is 4.63. The molecule has 9 heteroatoms. The Hall–Kier alpha value is -3.75. The lowest BCUT2D eigenvalue weighted by Gasteiger charge is -2.12. The molecule has 3 rings (SSSR count). The maximum absolute atomic E-state index is 12.4. The Morgan fingerprint density at radius 2 is 1.58 bits per heavy atom. The van der Waals surface area contributed by atoms with Crippen molar-refractivity contribution in [2.45, 2.75) is 20.3 Å². The Morgan fingerprint density at radius 1 is 0.879 bits per heavy atom. The van der Waals surface area contributed by atoms with Gasteiger partial charge in [0.25, 0.3) is 5.91 Å². The van der Waals surface area contributed by atoms with Crippen LogP contribution in [0, 0.1) is 0 Å². The highest BCUT2D eigenvalue weighted by atomic mass is 16.5. The number of esters is 1. The van der Waals surface area contributed by atoms with Crippen molar-refractivity contribution in [2.75, 3.05) is 39.6 Å². The number of hydrogen-bond acceptors (Lipinski definition) is 8. The molecule has 0 atom stereocenters. The summed E-state index contributed by atoms with van der Waals surface area (Å²) in [5.74, 6) is 0.425. The van der Waals surface area contributed by atoms with E-state index in [9.17, 15) is 14.4 Å². The van der Waals surface area contributed by atoms with E-state index in [1.165, 1.54) is 0 Å². The van der Waals surface area contributed by atoms with Gasteiger partial charge in [-0.3, -0.25) is 14.4 Å². The van der Waals surface area contributed by atoms with Gasteiger partial charge in [-0.25, -0.2) is 0 Å². The lowest BCUT2D eigenvalue weighted by atomic mass is 10.1. The molecule has 1 amide bonds. The largest absolute Gasteiger partial charge is 0.490 e. The fourth-order valence-electron chi connectivity index (χ4n) is 3.06. The molecule has 0 aliphatic carbocycles. The minimum atomic E-state index is -0.734. The van der Waals surface area contributed by atoms with Gasteiger partial charge < -0.3 is 29.0 Å². The van der Waals surface area contributed by atoms with Gasteiger partial charge in [-0.05, 0) is 50.2 Å². The molecule has 0 spiro atoms. The Morgan fingerprint density at radius 3 is 2.33 bits per heavy atom. The first-order valence-electron chi connectivity index (χ1n) is 10.8. The van der Waals surface area contributed by atoms with E-state index >= 15 is 0 Å². The summed E-state index contributed by atoms with van der Waals surface area (Å²) in [6.07, 6.45) is 0.755. The molecule has 0 bridgehead atoms. The van der Waals surface area contributed by atoms with Gasteiger partial charge in [-0.15, -0.1) is 0 Å². The predicted molar refractivity (Wildman–Crippen MR) is 118 cm³/mol. The molecule has 1 N–H and O–H groups in total. The number of rotatable bonds is 10. The van der Waals surface area contributed by atoms with E-state index < -0.39 is 24.3 Å². The summed E-state index contributed by atoms with van der Waals surface area (Å²) < 4.78 is 27.1. The Kier molecular flexibility index (Phi) is 8.51. The third-order valence-corrected chi connectivity index (χ3v) is 4.63. The minimum absolute atomic E-state index is 0.304. The number of nitrogens with one attached hydrogen (secondary N) is 1. The highest BCUT2D eigenvalue weighted by molar-refractivity contribution is 5.99. The van der Waals surface area contributed by atoms with E-state index in [1.54, 1.807) is 36.4 Å². The average Bonchev–Trinajstić information content (AvgIpc) is 3.07. The minimum Gasteiger partial charge on any atom is -0.490 e. The van der Waals surface area contributed by atoms with Crippen LogP contribution in [-0.2, 0) is 9.53 Å². The highest BCUT2D eigenvalue weighted by Crippen LogP contribution is 2.30. The predicted octanol–water partition coefficient (Wildman–Crippen LogP) is 2.80. The number of fused-ring (bicyclic) bond motifs is 1. The van der Waals surface area contributed by atoms with Gasteiger partial charge in [0.15, 0.2) is 35.4 Å². The normalized spacial score (nSPS) is 12.3. The molecule has 0 saturated carbocycles. The van der Waals surface area contributed by atoms with E-state index in [0.717, 1.165) is 6.42 Å². The monoisotopic (exact) mass is 457 g/mol. The molecule has 1 aliphatic heterocycles. The smallest absolute Gasteiger partial charge is 0.325 e. The molecule has 0 fully saturated rings. The fourth-order valence-corrected chi connectivity index (χ4v) is 3.06. The SMILES string of the molecule is CCOc1ccc(C(=O)NCC(=O)OCC(=O)c2ccc3c(c2)OCCCO3)cc1OCC. The summed E-state index contributed by atoms with van der Waals surface area (Å²) >= 11 is 0. The summed E-state index contributed by atoms with van der Waals surface area (Å²) in [6, 6.07) is 9.57. The molecule has 1 heterocycles. The van der Waals surface area contributed by atoms with Crippen LogP contribution in [0.15, 0.2) is 36.4 Å². The van der Waals surface area contributed by atoms with Crippen LogP contribution in [0.3, 0.4) is 0 Å². The number of hydrogen-bond donors (Lipinski definition) is 1. The zero-order valence-electron chi connectivity index (χ0n) is 18.7. The molecule has 0 saturated heterocycles. The third kappa shape index (κ3) is 6.61. The maximum atomic E-state index is 12.4. The van der Waals surface area contributed by atoms with Crippen LogP contribution in [-0.4, -0.2) is 57.2 Å². The van der Waals surface area contributed by atoms with Crippen molar-refractivity contribution >= 4 is 17.7 Å². The van der Waals surface area contributed by atoms with Crippen LogP contribution in [0.5, 0.6) is 23.0 Å². The lowest BCUT2D eigenvalue weighted by Crippen LogP contribution is -2.31. The van der Waals surface area contributed by atoms with Gasteiger partial charge in [0, 0.05) is 17.5 Å². The van der Waals surface area contributed by atoms with Crippen molar-refractivity contribution in [3.05, 3.63) is 47.5 Å². The second kappa shape index (κ2) is 11.8. The molecule has 2 aromatic rings. The number of benzene rings is 2. The molecule has 176 valence electrons. The van der Waals surface area contributed by atoms with Crippen molar-refractivity contribution in [3.8, 4) is 23.0 Å². The van der Waals surface area contributed by atoms with E-state index in [4.69, 9.17) is 23.7 Å². The summed E-state index contributed by atoms with van der Waals surface area (Å²) in [5, 5.41) is 2.47. The Bertz CT molecular complexity index is 1000. The Labute approximate surface area is 191 Å². The Balaban J connectivity index is 1.50. The molecule has 0 radical (unpaired) electrons. The van der Waals surface area contributed by atoms with Crippen molar-refractivity contribution in [1.82, 2.24) is 5.32 Å². The van der Waals surface area contributed by atoms with E-state index in [2.05, 4.69) is 5.32 Å². The second-order valence-electron chi connectivity index (χ2n) is 7.01. The second-order valence-corrected chi connectivity index (χ2v) is 7.01. The van der Waals surface area contributed by atoms with E-state index in [0.29, 0.717) is 60.6 Å². The van der Waals surface area contributed by atoms with E-state index in [1.807, 2.05) is 13.8 Å². The van der Waals surface area contributed by atoms with Crippen LogP contribution in [0.25, 0.3) is 0 Å². The van der Waals surface area contributed by atoms with Crippen LogP contribution >= 0.6 is 0 Å². The van der Waals surface area contributed by atoms with E-state index in [-0.39, 0.29) is 6.54 Å². The summed E-state index contributed by atoms with van der Waals surface area (Å²) in [6.45, 7) is 4.76. The number of carbonyl (C=O) groups is 3. The van der Waals surface area contributed by atoms with Crippen LogP contribution in [0.4, 0.5) is 0 Å². The first kappa shape index (κ1) is 23.9.